The van der Waals surface area contributed by atoms with Crippen LogP contribution in [0.1, 0.15) is 28.0 Å². The zero-order chi connectivity index (χ0) is 15.0. The SMILES string of the molecule is O=C(Cn1cnc2c(c1=O)CCC2)c1cccc(Cl)c1Cl. The molecular formula is C15H12Cl2N2O2. The molecule has 1 aromatic carbocycles. The molecule has 3 rings (SSSR count). The minimum atomic E-state index is -0.260. The van der Waals surface area contributed by atoms with Gasteiger partial charge >= 0.3 is 0 Å². The molecule has 0 amide bonds. The number of halogens is 2. The highest BCUT2D eigenvalue weighted by molar-refractivity contribution is 6.43. The van der Waals surface area contributed by atoms with Crippen molar-refractivity contribution in [1.82, 2.24) is 9.55 Å². The van der Waals surface area contributed by atoms with Crippen LogP contribution in [0.2, 0.25) is 10.0 Å². The number of carbonyl (C=O) groups excluding carboxylic acids is 1. The fourth-order valence-electron chi connectivity index (χ4n) is 2.54. The monoisotopic (exact) mass is 322 g/mol. The number of fused-ring (bicyclic) bond motifs is 1. The third-order valence-corrected chi connectivity index (χ3v) is 4.45. The van der Waals surface area contributed by atoms with E-state index >= 15 is 0 Å². The lowest BCUT2D eigenvalue weighted by molar-refractivity contribution is 0.0970. The molecule has 0 saturated heterocycles. The Bertz CT molecular complexity index is 784. The number of aryl methyl sites for hydroxylation is 1. The minimum absolute atomic E-state index is 0.0842. The fraction of sp³-hybridized carbons (Fsp3) is 0.267. The summed E-state index contributed by atoms with van der Waals surface area (Å²) in [6.45, 7) is -0.0842. The van der Waals surface area contributed by atoms with Crippen molar-refractivity contribution in [1.29, 1.82) is 0 Å². The van der Waals surface area contributed by atoms with Gasteiger partial charge in [-0.05, 0) is 31.4 Å². The second-order valence-electron chi connectivity index (χ2n) is 4.98. The summed E-state index contributed by atoms with van der Waals surface area (Å²) in [7, 11) is 0. The summed E-state index contributed by atoms with van der Waals surface area (Å²) >= 11 is 11.9. The first-order valence-corrected chi connectivity index (χ1v) is 7.38. The summed E-state index contributed by atoms with van der Waals surface area (Å²) in [5, 5.41) is 0.535. The Balaban J connectivity index is 1.92. The van der Waals surface area contributed by atoms with Crippen molar-refractivity contribution in [2.75, 3.05) is 0 Å². The molecule has 4 nitrogen and oxygen atoms in total. The van der Waals surface area contributed by atoms with Gasteiger partial charge in [0, 0.05) is 11.1 Å². The Morgan fingerprint density at radius 1 is 1.29 bits per heavy atom. The van der Waals surface area contributed by atoms with Crippen molar-refractivity contribution in [2.45, 2.75) is 25.8 Å². The molecule has 0 fully saturated rings. The van der Waals surface area contributed by atoms with Gasteiger partial charge in [-0.15, -0.1) is 0 Å². The van der Waals surface area contributed by atoms with Gasteiger partial charge in [0.2, 0.25) is 0 Å². The second kappa shape index (κ2) is 5.62. The van der Waals surface area contributed by atoms with Gasteiger partial charge in [0.25, 0.3) is 5.56 Å². The quantitative estimate of drug-likeness (QED) is 0.816. The molecule has 2 aromatic rings. The van der Waals surface area contributed by atoms with Gasteiger partial charge < -0.3 is 0 Å². The molecule has 1 aromatic heterocycles. The number of hydrogen-bond donors (Lipinski definition) is 0. The molecule has 21 heavy (non-hydrogen) atoms. The van der Waals surface area contributed by atoms with Crippen LogP contribution >= 0.6 is 23.2 Å². The first-order chi connectivity index (χ1) is 10.1. The molecule has 0 saturated carbocycles. The predicted octanol–water partition coefficient (Wildman–Crippen LogP) is 2.92. The lowest BCUT2D eigenvalue weighted by atomic mass is 10.1. The molecule has 1 aliphatic rings. The summed E-state index contributed by atoms with van der Waals surface area (Å²) in [6.07, 6.45) is 3.94. The second-order valence-corrected chi connectivity index (χ2v) is 5.77. The minimum Gasteiger partial charge on any atom is -0.292 e. The van der Waals surface area contributed by atoms with E-state index in [0.717, 1.165) is 30.5 Å². The van der Waals surface area contributed by atoms with E-state index in [0.29, 0.717) is 10.6 Å². The van der Waals surface area contributed by atoms with Gasteiger partial charge in [-0.1, -0.05) is 29.3 Å². The maximum absolute atomic E-state index is 12.3. The van der Waals surface area contributed by atoms with E-state index in [1.165, 1.54) is 10.9 Å². The number of Topliss-reactive ketones (excluding diaryl/α,β-unsaturated/α-hetero) is 1. The zero-order valence-corrected chi connectivity index (χ0v) is 12.6. The van der Waals surface area contributed by atoms with Crippen LogP contribution in [0.25, 0.3) is 0 Å². The summed E-state index contributed by atoms with van der Waals surface area (Å²) in [5.41, 5.74) is 1.76. The molecule has 108 valence electrons. The van der Waals surface area contributed by atoms with Crippen LogP contribution in [0.4, 0.5) is 0 Å². The first kappa shape index (κ1) is 14.3. The van der Waals surface area contributed by atoms with Crippen molar-refractivity contribution in [3.63, 3.8) is 0 Å². The van der Waals surface area contributed by atoms with E-state index in [1.54, 1.807) is 18.2 Å². The zero-order valence-electron chi connectivity index (χ0n) is 11.1. The van der Waals surface area contributed by atoms with Crippen LogP contribution in [0, 0.1) is 0 Å². The Hall–Kier alpha value is -1.65. The number of benzene rings is 1. The number of hydrogen-bond acceptors (Lipinski definition) is 3. The van der Waals surface area contributed by atoms with Crippen molar-refractivity contribution < 1.29 is 4.79 Å². The standard InChI is InChI=1S/C15H12Cl2N2O2/c16-11-5-1-4-10(14(11)17)13(20)7-19-8-18-12-6-2-3-9(12)15(19)21/h1,4-5,8H,2-3,6-7H2. The largest absolute Gasteiger partial charge is 0.292 e. The van der Waals surface area contributed by atoms with Gasteiger partial charge in [0.15, 0.2) is 5.78 Å². The molecule has 0 atom stereocenters. The van der Waals surface area contributed by atoms with Gasteiger partial charge in [-0.25, -0.2) is 4.98 Å². The van der Waals surface area contributed by atoms with E-state index in [1.807, 2.05) is 0 Å². The Morgan fingerprint density at radius 2 is 2.10 bits per heavy atom. The third kappa shape index (κ3) is 2.61. The molecule has 0 radical (unpaired) electrons. The molecule has 0 N–H and O–H groups in total. The number of rotatable bonds is 3. The predicted molar refractivity (Wildman–Crippen MR) is 81.3 cm³/mol. The molecule has 0 unspecified atom stereocenters. The highest BCUT2D eigenvalue weighted by atomic mass is 35.5. The lowest BCUT2D eigenvalue weighted by Gasteiger charge is -2.08. The number of carbonyl (C=O) groups is 1. The van der Waals surface area contributed by atoms with Gasteiger partial charge in [0.05, 0.1) is 28.6 Å². The number of aromatic nitrogens is 2. The highest BCUT2D eigenvalue weighted by Crippen LogP contribution is 2.26. The van der Waals surface area contributed by atoms with E-state index in [4.69, 9.17) is 23.2 Å². The van der Waals surface area contributed by atoms with E-state index in [9.17, 15) is 9.59 Å². The molecule has 0 aliphatic heterocycles. The van der Waals surface area contributed by atoms with Crippen molar-refractivity contribution in [3.05, 3.63) is 61.7 Å². The van der Waals surface area contributed by atoms with Crippen LogP contribution < -0.4 is 5.56 Å². The fourth-order valence-corrected chi connectivity index (χ4v) is 2.94. The van der Waals surface area contributed by atoms with Gasteiger partial charge in [-0.2, -0.15) is 0 Å². The van der Waals surface area contributed by atoms with Crippen LogP contribution in [-0.2, 0) is 19.4 Å². The normalized spacial score (nSPS) is 13.2. The van der Waals surface area contributed by atoms with Crippen LogP contribution in [0.5, 0.6) is 0 Å². The molecular weight excluding hydrogens is 311 g/mol. The molecule has 6 heteroatoms. The number of ketones is 1. The topological polar surface area (TPSA) is 52.0 Å². The van der Waals surface area contributed by atoms with E-state index < -0.39 is 0 Å². The van der Waals surface area contributed by atoms with E-state index in [-0.39, 0.29) is 22.9 Å². The highest BCUT2D eigenvalue weighted by Gasteiger charge is 2.19. The van der Waals surface area contributed by atoms with Crippen molar-refractivity contribution in [3.8, 4) is 0 Å². The van der Waals surface area contributed by atoms with Gasteiger partial charge in [0.1, 0.15) is 0 Å². The smallest absolute Gasteiger partial charge is 0.257 e. The number of nitrogens with zero attached hydrogens (tertiary/aromatic N) is 2. The average molecular weight is 323 g/mol. The Kier molecular flexibility index (Phi) is 3.83. The maximum Gasteiger partial charge on any atom is 0.257 e. The molecule has 1 heterocycles. The third-order valence-electron chi connectivity index (χ3n) is 3.63. The average Bonchev–Trinajstić information content (AvgIpc) is 2.94. The lowest BCUT2D eigenvalue weighted by Crippen LogP contribution is -2.27. The Morgan fingerprint density at radius 3 is 2.90 bits per heavy atom. The summed E-state index contributed by atoms with van der Waals surface area (Å²) in [6, 6.07) is 4.87. The van der Waals surface area contributed by atoms with Crippen LogP contribution in [-0.4, -0.2) is 15.3 Å². The molecule has 1 aliphatic carbocycles. The van der Waals surface area contributed by atoms with Crippen LogP contribution in [0.3, 0.4) is 0 Å². The maximum atomic E-state index is 12.3. The molecule has 0 spiro atoms. The van der Waals surface area contributed by atoms with Crippen molar-refractivity contribution in [2.24, 2.45) is 0 Å². The molecule has 0 bridgehead atoms. The van der Waals surface area contributed by atoms with E-state index in [2.05, 4.69) is 4.98 Å². The first-order valence-electron chi connectivity index (χ1n) is 6.62. The Labute approximate surface area is 131 Å². The summed E-state index contributed by atoms with van der Waals surface area (Å²) < 4.78 is 1.34. The van der Waals surface area contributed by atoms with Crippen LogP contribution in [0.15, 0.2) is 29.3 Å². The summed E-state index contributed by atoms with van der Waals surface area (Å²) in [5.74, 6) is -0.260. The van der Waals surface area contributed by atoms with Crippen molar-refractivity contribution >= 4 is 29.0 Å². The summed E-state index contributed by atoms with van der Waals surface area (Å²) in [4.78, 5) is 28.9. The van der Waals surface area contributed by atoms with Gasteiger partial charge in [-0.3, -0.25) is 14.2 Å².